The number of halogens is 2. The van der Waals surface area contributed by atoms with Gasteiger partial charge in [-0.2, -0.15) is 0 Å². The van der Waals surface area contributed by atoms with Gasteiger partial charge in [-0.25, -0.2) is 0 Å². The standard InChI is InChI=1S/C13H16BrNO3.ClH/c14-12-4-2-1-3-11(12)9-15-18-13(16)10-5-7-17-8-6-10;/h1-4,10,15H,5-9H2;1H. The fourth-order valence-corrected chi connectivity index (χ4v) is 2.27. The van der Waals surface area contributed by atoms with Crippen LogP contribution in [0.2, 0.25) is 0 Å². The first-order valence-corrected chi connectivity index (χ1v) is 6.81. The average Bonchev–Trinajstić information content (AvgIpc) is 2.42. The Morgan fingerprint density at radius 2 is 2.05 bits per heavy atom. The molecule has 0 aliphatic carbocycles. The van der Waals surface area contributed by atoms with E-state index >= 15 is 0 Å². The predicted octanol–water partition coefficient (Wildman–Crippen LogP) is 2.85. The first-order valence-electron chi connectivity index (χ1n) is 6.02. The third-order valence-electron chi connectivity index (χ3n) is 2.95. The number of carbonyl (C=O) groups excluding carboxylic acids is 1. The van der Waals surface area contributed by atoms with Gasteiger partial charge in [0.1, 0.15) is 0 Å². The monoisotopic (exact) mass is 349 g/mol. The first-order chi connectivity index (χ1) is 8.77. The highest BCUT2D eigenvalue weighted by Gasteiger charge is 2.23. The molecule has 0 saturated carbocycles. The highest BCUT2D eigenvalue weighted by molar-refractivity contribution is 9.10. The summed E-state index contributed by atoms with van der Waals surface area (Å²) in [6, 6.07) is 7.82. The Bertz CT molecular complexity index is 411. The molecule has 1 fully saturated rings. The summed E-state index contributed by atoms with van der Waals surface area (Å²) >= 11 is 3.44. The topological polar surface area (TPSA) is 47.6 Å². The molecule has 1 heterocycles. The van der Waals surface area contributed by atoms with E-state index in [4.69, 9.17) is 9.57 Å². The molecule has 0 spiro atoms. The van der Waals surface area contributed by atoms with Gasteiger partial charge >= 0.3 is 5.97 Å². The smallest absolute Gasteiger partial charge is 0.327 e. The molecule has 1 N–H and O–H groups in total. The van der Waals surface area contributed by atoms with Crippen molar-refractivity contribution >= 4 is 34.3 Å². The summed E-state index contributed by atoms with van der Waals surface area (Å²) in [4.78, 5) is 16.8. The number of rotatable bonds is 4. The van der Waals surface area contributed by atoms with Crippen LogP contribution in [0.5, 0.6) is 0 Å². The van der Waals surface area contributed by atoms with Crippen LogP contribution in [0, 0.1) is 5.92 Å². The van der Waals surface area contributed by atoms with Crippen LogP contribution in [-0.4, -0.2) is 19.2 Å². The van der Waals surface area contributed by atoms with Gasteiger partial charge in [-0.1, -0.05) is 34.1 Å². The Labute approximate surface area is 127 Å². The van der Waals surface area contributed by atoms with Crippen molar-refractivity contribution in [1.29, 1.82) is 0 Å². The molecule has 6 heteroatoms. The van der Waals surface area contributed by atoms with Crippen LogP contribution in [0.1, 0.15) is 18.4 Å². The van der Waals surface area contributed by atoms with Gasteiger partial charge in [0.05, 0.1) is 12.5 Å². The summed E-state index contributed by atoms with van der Waals surface area (Å²) in [5.41, 5.74) is 3.77. The number of hydrogen-bond acceptors (Lipinski definition) is 4. The molecule has 0 amide bonds. The van der Waals surface area contributed by atoms with Crippen molar-refractivity contribution in [2.75, 3.05) is 13.2 Å². The minimum atomic E-state index is -0.189. The van der Waals surface area contributed by atoms with Gasteiger partial charge in [0.2, 0.25) is 0 Å². The minimum Gasteiger partial charge on any atom is -0.381 e. The molecule has 1 aliphatic rings. The highest BCUT2D eigenvalue weighted by Crippen LogP contribution is 2.17. The molecule has 1 aromatic carbocycles. The van der Waals surface area contributed by atoms with Gasteiger partial charge in [-0.05, 0) is 24.5 Å². The maximum absolute atomic E-state index is 11.7. The van der Waals surface area contributed by atoms with E-state index in [1.54, 1.807) is 0 Å². The van der Waals surface area contributed by atoms with Crippen molar-refractivity contribution < 1.29 is 14.4 Å². The van der Waals surface area contributed by atoms with Crippen molar-refractivity contribution in [3.8, 4) is 0 Å². The van der Waals surface area contributed by atoms with Crippen LogP contribution in [0.25, 0.3) is 0 Å². The lowest BCUT2D eigenvalue weighted by atomic mass is 10.0. The molecule has 1 aromatic rings. The van der Waals surface area contributed by atoms with Crippen LogP contribution in [-0.2, 0) is 20.9 Å². The third kappa shape index (κ3) is 5.10. The molecule has 106 valence electrons. The lowest BCUT2D eigenvalue weighted by Gasteiger charge is -2.20. The summed E-state index contributed by atoms with van der Waals surface area (Å²) < 4.78 is 6.20. The van der Waals surface area contributed by atoms with Crippen LogP contribution in [0.3, 0.4) is 0 Å². The third-order valence-corrected chi connectivity index (χ3v) is 3.72. The van der Waals surface area contributed by atoms with Crippen molar-refractivity contribution in [2.45, 2.75) is 19.4 Å². The fraction of sp³-hybridized carbons (Fsp3) is 0.462. The van der Waals surface area contributed by atoms with E-state index in [9.17, 15) is 4.79 Å². The molecule has 4 nitrogen and oxygen atoms in total. The molecular formula is C13H17BrClNO3. The largest absolute Gasteiger partial charge is 0.381 e. The molecular weight excluding hydrogens is 334 g/mol. The minimum absolute atomic E-state index is 0. The van der Waals surface area contributed by atoms with Gasteiger partial charge in [0, 0.05) is 17.7 Å². The second-order valence-corrected chi connectivity index (χ2v) is 5.07. The van der Waals surface area contributed by atoms with Gasteiger partial charge in [0.15, 0.2) is 0 Å². The number of benzene rings is 1. The Morgan fingerprint density at radius 1 is 1.37 bits per heavy atom. The molecule has 0 atom stereocenters. The van der Waals surface area contributed by atoms with Gasteiger partial charge in [0.25, 0.3) is 0 Å². The average molecular weight is 351 g/mol. The van der Waals surface area contributed by atoms with Crippen LogP contribution in [0.4, 0.5) is 0 Å². The number of nitrogens with one attached hydrogen (secondary N) is 1. The van der Waals surface area contributed by atoms with Gasteiger partial charge in [-0.15, -0.1) is 17.9 Å². The molecule has 19 heavy (non-hydrogen) atoms. The van der Waals surface area contributed by atoms with Crippen LogP contribution < -0.4 is 5.48 Å². The quantitative estimate of drug-likeness (QED) is 0.848. The van der Waals surface area contributed by atoms with Gasteiger partial charge < -0.3 is 9.57 Å². The van der Waals surface area contributed by atoms with E-state index < -0.39 is 0 Å². The van der Waals surface area contributed by atoms with Crippen molar-refractivity contribution in [3.05, 3.63) is 34.3 Å². The van der Waals surface area contributed by atoms with Gasteiger partial charge in [-0.3, -0.25) is 4.79 Å². The van der Waals surface area contributed by atoms with E-state index in [0.29, 0.717) is 19.8 Å². The SMILES string of the molecule is Cl.O=C(ONCc1ccccc1Br)C1CCOCC1. The summed E-state index contributed by atoms with van der Waals surface area (Å²) in [5, 5.41) is 0. The fourth-order valence-electron chi connectivity index (χ4n) is 1.84. The van der Waals surface area contributed by atoms with E-state index in [0.717, 1.165) is 22.9 Å². The zero-order chi connectivity index (χ0) is 12.8. The van der Waals surface area contributed by atoms with Crippen molar-refractivity contribution in [3.63, 3.8) is 0 Å². The number of hydroxylamine groups is 1. The second kappa shape index (κ2) is 8.53. The van der Waals surface area contributed by atoms with Crippen molar-refractivity contribution in [1.82, 2.24) is 5.48 Å². The molecule has 0 unspecified atom stereocenters. The predicted molar refractivity (Wildman–Crippen MR) is 77.9 cm³/mol. The molecule has 1 aliphatic heterocycles. The molecule has 0 bridgehead atoms. The summed E-state index contributed by atoms with van der Waals surface area (Å²) in [5.74, 6) is -0.226. The van der Waals surface area contributed by atoms with E-state index in [-0.39, 0.29) is 24.3 Å². The van der Waals surface area contributed by atoms with Crippen LogP contribution in [0.15, 0.2) is 28.7 Å². The highest BCUT2D eigenvalue weighted by atomic mass is 79.9. The Kier molecular flexibility index (Phi) is 7.38. The maximum atomic E-state index is 11.7. The summed E-state index contributed by atoms with van der Waals surface area (Å²) in [6.45, 7) is 1.78. The molecule has 2 rings (SSSR count). The number of hydrogen-bond donors (Lipinski definition) is 1. The molecule has 1 saturated heterocycles. The Morgan fingerprint density at radius 3 is 2.74 bits per heavy atom. The van der Waals surface area contributed by atoms with E-state index in [1.807, 2.05) is 24.3 Å². The zero-order valence-corrected chi connectivity index (χ0v) is 12.8. The second-order valence-electron chi connectivity index (χ2n) is 4.22. The molecule has 0 aromatic heterocycles. The summed E-state index contributed by atoms with van der Waals surface area (Å²) in [7, 11) is 0. The van der Waals surface area contributed by atoms with Crippen molar-refractivity contribution in [2.24, 2.45) is 5.92 Å². The lowest BCUT2D eigenvalue weighted by molar-refractivity contribution is -0.159. The number of carbonyl (C=O) groups is 1. The summed E-state index contributed by atoms with van der Waals surface area (Å²) in [6.07, 6.45) is 1.49. The normalized spacial score (nSPS) is 15.6. The first kappa shape index (κ1) is 16.4. The molecule has 0 radical (unpaired) electrons. The number of ether oxygens (including phenoxy) is 1. The van der Waals surface area contributed by atoms with E-state index in [1.165, 1.54) is 0 Å². The van der Waals surface area contributed by atoms with Crippen LogP contribution >= 0.6 is 28.3 Å². The Balaban J connectivity index is 0.00000180. The maximum Gasteiger partial charge on any atom is 0.327 e. The Hall–Kier alpha value is -0.620. The van der Waals surface area contributed by atoms with E-state index in [2.05, 4.69) is 21.4 Å². The zero-order valence-electron chi connectivity index (χ0n) is 10.4. The lowest BCUT2D eigenvalue weighted by Crippen LogP contribution is -2.29.